The quantitative estimate of drug-likeness (QED) is 0.785. The first kappa shape index (κ1) is 13.3. The minimum Gasteiger partial charge on any atom is -0.497 e. The smallest absolute Gasteiger partial charge is 0.265 e. The Hall–Kier alpha value is -2.67. The fourth-order valence-corrected chi connectivity index (χ4v) is 2.03. The predicted octanol–water partition coefficient (Wildman–Crippen LogP) is 1.69. The Bertz CT molecular complexity index is 762. The second kappa shape index (κ2) is 5.37. The van der Waals surface area contributed by atoms with E-state index < -0.39 is 0 Å². The Morgan fingerprint density at radius 2 is 2.00 bits per heavy atom. The van der Waals surface area contributed by atoms with E-state index in [-0.39, 0.29) is 0 Å². The zero-order valence-corrected chi connectivity index (χ0v) is 11.8. The number of hydrogen-bond acceptors (Lipinski definition) is 6. The average molecular weight is 285 g/mol. The summed E-state index contributed by atoms with van der Waals surface area (Å²) in [4.78, 5) is 4.21. The molecule has 0 unspecified atom stereocenters. The molecule has 3 rings (SSSR count). The highest BCUT2D eigenvalue weighted by Gasteiger charge is 2.11. The van der Waals surface area contributed by atoms with E-state index in [1.807, 2.05) is 23.5 Å². The van der Waals surface area contributed by atoms with Crippen LogP contribution in [0.2, 0.25) is 0 Å². The Morgan fingerprint density at radius 1 is 1.19 bits per heavy atom. The van der Waals surface area contributed by atoms with Gasteiger partial charge in [0, 0.05) is 25.0 Å². The third kappa shape index (κ3) is 2.50. The first-order valence-corrected chi connectivity index (χ1v) is 6.43. The summed E-state index contributed by atoms with van der Waals surface area (Å²) >= 11 is 0. The van der Waals surface area contributed by atoms with Crippen LogP contribution in [-0.4, -0.2) is 26.7 Å². The Balaban J connectivity index is 2.02. The van der Waals surface area contributed by atoms with Gasteiger partial charge in [-0.3, -0.25) is 4.40 Å². The summed E-state index contributed by atoms with van der Waals surface area (Å²) in [6, 6.07) is 5.48. The number of nitrogens with zero attached hydrogens (tertiary/aromatic N) is 4. The fraction of sp³-hybridized carbons (Fsp3) is 0.214. The van der Waals surface area contributed by atoms with Crippen molar-refractivity contribution in [3.63, 3.8) is 0 Å². The lowest BCUT2D eigenvalue weighted by Gasteiger charge is -2.09. The number of nitrogens with two attached hydrogens (primary N) is 1. The van der Waals surface area contributed by atoms with Gasteiger partial charge in [0.25, 0.3) is 5.88 Å². The van der Waals surface area contributed by atoms with Gasteiger partial charge in [0.2, 0.25) is 5.65 Å². The van der Waals surface area contributed by atoms with Gasteiger partial charge in [0.1, 0.15) is 17.3 Å². The van der Waals surface area contributed by atoms with Crippen LogP contribution in [0.4, 0.5) is 0 Å². The highest BCUT2D eigenvalue weighted by atomic mass is 16.5. The van der Waals surface area contributed by atoms with Gasteiger partial charge in [-0.25, -0.2) is 4.98 Å². The lowest BCUT2D eigenvalue weighted by Crippen LogP contribution is -1.99. The summed E-state index contributed by atoms with van der Waals surface area (Å²) in [6.45, 7) is 2.26. The molecule has 2 aromatic heterocycles. The van der Waals surface area contributed by atoms with Crippen molar-refractivity contribution in [2.45, 2.75) is 13.5 Å². The molecule has 2 heterocycles. The number of aromatic nitrogens is 4. The van der Waals surface area contributed by atoms with Gasteiger partial charge in [0.05, 0.1) is 7.11 Å². The van der Waals surface area contributed by atoms with Gasteiger partial charge in [0.15, 0.2) is 0 Å². The maximum atomic E-state index is 5.82. The van der Waals surface area contributed by atoms with E-state index in [0.29, 0.717) is 29.6 Å². The number of benzene rings is 1. The van der Waals surface area contributed by atoms with Crippen LogP contribution in [0, 0.1) is 6.92 Å². The second-order valence-electron chi connectivity index (χ2n) is 4.50. The van der Waals surface area contributed by atoms with Crippen LogP contribution < -0.4 is 15.2 Å². The molecular weight excluding hydrogens is 270 g/mol. The number of hydrogen-bond donors (Lipinski definition) is 1. The van der Waals surface area contributed by atoms with Crippen molar-refractivity contribution in [1.82, 2.24) is 19.6 Å². The van der Waals surface area contributed by atoms with E-state index in [1.165, 1.54) is 0 Å². The van der Waals surface area contributed by atoms with E-state index in [1.54, 1.807) is 25.6 Å². The van der Waals surface area contributed by atoms with Crippen molar-refractivity contribution in [3.8, 4) is 17.4 Å². The van der Waals surface area contributed by atoms with Gasteiger partial charge in [-0.1, -0.05) is 0 Å². The minimum absolute atomic E-state index is 0.384. The van der Waals surface area contributed by atoms with Crippen molar-refractivity contribution in [2.75, 3.05) is 7.11 Å². The minimum atomic E-state index is 0.384. The Kier molecular flexibility index (Phi) is 3.41. The van der Waals surface area contributed by atoms with E-state index >= 15 is 0 Å². The molecule has 7 heteroatoms. The monoisotopic (exact) mass is 285 g/mol. The highest BCUT2D eigenvalue weighted by molar-refractivity contribution is 5.51. The van der Waals surface area contributed by atoms with Crippen LogP contribution in [-0.2, 0) is 6.54 Å². The third-order valence-electron chi connectivity index (χ3n) is 3.09. The average Bonchev–Trinajstić information content (AvgIpc) is 2.89. The number of fused-ring (bicyclic) bond motifs is 1. The molecule has 0 amide bonds. The van der Waals surface area contributed by atoms with Crippen LogP contribution in [0.25, 0.3) is 5.65 Å². The molecule has 0 aliphatic rings. The molecule has 0 fully saturated rings. The molecule has 0 radical (unpaired) electrons. The molecular formula is C14H15N5O2. The lowest BCUT2D eigenvalue weighted by atomic mass is 10.2. The molecule has 0 bridgehead atoms. The summed E-state index contributed by atoms with van der Waals surface area (Å²) in [5.41, 5.74) is 7.15. The number of rotatable bonds is 4. The molecule has 0 aliphatic carbocycles. The maximum absolute atomic E-state index is 5.82. The summed E-state index contributed by atoms with van der Waals surface area (Å²) in [5, 5.41) is 8.08. The molecule has 7 nitrogen and oxygen atoms in total. The molecule has 0 spiro atoms. The van der Waals surface area contributed by atoms with Crippen molar-refractivity contribution in [2.24, 2.45) is 5.73 Å². The highest BCUT2D eigenvalue weighted by Crippen LogP contribution is 2.28. The van der Waals surface area contributed by atoms with Crippen LogP contribution in [0.1, 0.15) is 11.4 Å². The molecule has 2 N–H and O–H groups in total. The van der Waals surface area contributed by atoms with Crippen LogP contribution >= 0.6 is 0 Å². The predicted molar refractivity (Wildman–Crippen MR) is 76.5 cm³/mol. The molecule has 3 aromatic rings. The number of methoxy groups -OCH3 is 1. The molecule has 0 saturated heterocycles. The van der Waals surface area contributed by atoms with Gasteiger partial charge >= 0.3 is 0 Å². The Morgan fingerprint density at radius 3 is 2.76 bits per heavy atom. The molecule has 21 heavy (non-hydrogen) atoms. The molecule has 0 saturated carbocycles. The number of ether oxygens (including phenoxy) is 2. The summed E-state index contributed by atoms with van der Waals surface area (Å²) in [7, 11) is 1.60. The van der Waals surface area contributed by atoms with Crippen molar-refractivity contribution >= 4 is 5.65 Å². The third-order valence-corrected chi connectivity index (χ3v) is 3.09. The zero-order chi connectivity index (χ0) is 14.8. The molecule has 0 atom stereocenters. The van der Waals surface area contributed by atoms with Gasteiger partial charge in [-0.05, 0) is 24.6 Å². The first-order chi connectivity index (χ1) is 10.2. The van der Waals surface area contributed by atoms with Crippen molar-refractivity contribution in [3.05, 3.63) is 42.0 Å². The van der Waals surface area contributed by atoms with Crippen molar-refractivity contribution in [1.29, 1.82) is 0 Å². The Labute approximate surface area is 121 Å². The fourth-order valence-electron chi connectivity index (χ4n) is 2.03. The van der Waals surface area contributed by atoms with Crippen LogP contribution in [0.3, 0.4) is 0 Å². The number of aryl methyl sites for hydroxylation is 1. The van der Waals surface area contributed by atoms with E-state index in [9.17, 15) is 0 Å². The zero-order valence-electron chi connectivity index (χ0n) is 11.8. The molecule has 0 aliphatic heterocycles. The van der Waals surface area contributed by atoms with Crippen LogP contribution in [0.15, 0.2) is 30.6 Å². The standard InChI is InChI=1S/C14H15N5O2/c1-9-17-18-13-14(16-3-4-19(9)13)21-12-6-10(8-15)5-11(7-12)20-2/h3-7H,8,15H2,1-2H3. The lowest BCUT2D eigenvalue weighted by molar-refractivity contribution is 0.407. The van der Waals surface area contributed by atoms with Gasteiger partial charge in [-0.2, -0.15) is 0 Å². The summed E-state index contributed by atoms with van der Waals surface area (Å²) < 4.78 is 12.9. The van der Waals surface area contributed by atoms with Crippen LogP contribution in [0.5, 0.6) is 17.4 Å². The largest absolute Gasteiger partial charge is 0.497 e. The topological polar surface area (TPSA) is 87.6 Å². The molecule has 108 valence electrons. The normalized spacial score (nSPS) is 10.8. The van der Waals surface area contributed by atoms with E-state index in [4.69, 9.17) is 15.2 Å². The SMILES string of the molecule is COc1cc(CN)cc(Oc2nccn3c(C)nnc23)c1. The first-order valence-electron chi connectivity index (χ1n) is 6.43. The van der Waals surface area contributed by atoms with Gasteiger partial charge in [-0.15, -0.1) is 10.2 Å². The van der Waals surface area contributed by atoms with Gasteiger partial charge < -0.3 is 15.2 Å². The second-order valence-corrected chi connectivity index (χ2v) is 4.50. The molecule has 1 aromatic carbocycles. The summed E-state index contributed by atoms with van der Waals surface area (Å²) in [6.07, 6.45) is 3.43. The maximum Gasteiger partial charge on any atom is 0.265 e. The summed E-state index contributed by atoms with van der Waals surface area (Å²) in [5.74, 6) is 2.42. The van der Waals surface area contributed by atoms with Crippen molar-refractivity contribution < 1.29 is 9.47 Å². The van der Waals surface area contributed by atoms with E-state index in [2.05, 4.69) is 15.2 Å². The van der Waals surface area contributed by atoms with E-state index in [0.717, 1.165) is 11.4 Å².